The van der Waals surface area contributed by atoms with Crippen LogP contribution in [0, 0.1) is 20.8 Å². The van der Waals surface area contributed by atoms with E-state index in [0.717, 1.165) is 13.0 Å². The lowest BCUT2D eigenvalue weighted by molar-refractivity contribution is 0.833. The van der Waals surface area contributed by atoms with Crippen LogP contribution in [0.15, 0.2) is 61.3 Å². The second-order valence-corrected chi connectivity index (χ2v) is 4.98. The summed E-state index contributed by atoms with van der Waals surface area (Å²) in [6, 6.07) is 16.9. The number of aryl methyl sites for hydroxylation is 3. The van der Waals surface area contributed by atoms with Crippen LogP contribution in [0.3, 0.4) is 0 Å². The zero-order valence-corrected chi connectivity index (χ0v) is 12.8. The van der Waals surface area contributed by atoms with Gasteiger partial charge in [-0.25, -0.2) is 0 Å². The van der Waals surface area contributed by atoms with E-state index in [1.165, 1.54) is 22.3 Å². The van der Waals surface area contributed by atoms with Gasteiger partial charge in [-0.15, -0.1) is 0 Å². The van der Waals surface area contributed by atoms with Crippen molar-refractivity contribution in [2.45, 2.75) is 27.2 Å². The van der Waals surface area contributed by atoms with Crippen molar-refractivity contribution < 1.29 is 0 Å². The van der Waals surface area contributed by atoms with Gasteiger partial charge in [-0.1, -0.05) is 60.7 Å². The van der Waals surface area contributed by atoms with Gasteiger partial charge in [0.05, 0.1) is 0 Å². The van der Waals surface area contributed by atoms with Gasteiger partial charge in [-0.2, -0.15) is 0 Å². The first-order valence-electron chi connectivity index (χ1n) is 7.05. The zero-order chi connectivity index (χ0) is 14.8. The third-order valence-electron chi connectivity index (χ3n) is 3.21. The Morgan fingerprint density at radius 3 is 2.15 bits per heavy atom. The third kappa shape index (κ3) is 6.24. The Balaban J connectivity index is 0.000000240. The Hall–Kier alpha value is -2.02. The van der Waals surface area contributed by atoms with E-state index in [4.69, 9.17) is 0 Å². The van der Waals surface area contributed by atoms with E-state index in [9.17, 15) is 0 Å². The van der Waals surface area contributed by atoms with Crippen LogP contribution in [0.4, 0.5) is 0 Å². The van der Waals surface area contributed by atoms with Crippen LogP contribution in [-0.2, 0) is 6.42 Å². The number of hydrogen-bond acceptors (Lipinski definition) is 1. The van der Waals surface area contributed by atoms with E-state index in [1.54, 1.807) is 6.20 Å². The number of benzene rings is 2. The van der Waals surface area contributed by atoms with Crippen molar-refractivity contribution in [3.05, 3.63) is 83.6 Å². The molecule has 0 atom stereocenters. The highest BCUT2D eigenvalue weighted by Gasteiger charge is 1.95. The van der Waals surface area contributed by atoms with E-state index in [2.05, 4.69) is 63.0 Å². The Morgan fingerprint density at radius 2 is 1.65 bits per heavy atom. The molecule has 0 saturated heterocycles. The molecule has 2 aromatic carbocycles. The third-order valence-corrected chi connectivity index (χ3v) is 3.21. The van der Waals surface area contributed by atoms with Crippen LogP contribution in [-0.4, -0.2) is 6.54 Å². The lowest BCUT2D eigenvalue weighted by Crippen LogP contribution is -2.09. The summed E-state index contributed by atoms with van der Waals surface area (Å²) in [7, 11) is 0. The predicted octanol–water partition coefficient (Wildman–Crippen LogP) is 4.57. The topological polar surface area (TPSA) is 12.0 Å². The van der Waals surface area contributed by atoms with Crippen LogP contribution in [0.25, 0.3) is 0 Å². The van der Waals surface area contributed by atoms with Crippen molar-refractivity contribution in [3.63, 3.8) is 0 Å². The minimum Gasteiger partial charge on any atom is -0.391 e. The molecule has 0 heterocycles. The van der Waals surface area contributed by atoms with Gasteiger partial charge < -0.3 is 5.32 Å². The largest absolute Gasteiger partial charge is 0.391 e. The molecular weight excluding hydrogens is 242 g/mol. The molecule has 0 fully saturated rings. The van der Waals surface area contributed by atoms with Gasteiger partial charge >= 0.3 is 0 Å². The van der Waals surface area contributed by atoms with Gasteiger partial charge in [-0.05, 0) is 50.1 Å². The molecule has 106 valence electrons. The summed E-state index contributed by atoms with van der Waals surface area (Å²) in [6.45, 7) is 11.0. The Morgan fingerprint density at radius 1 is 0.950 bits per heavy atom. The molecule has 20 heavy (non-hydrogen) atoms. The van der Waals surface area contributed by atoms with Crippen LogP contribution < -0.4 is 5.32 Å². The number of nitrogens with one attached hydrogen (secondary N) is 1. The lowest BCUT2D eigenvalue weighted by atomic mass is 10.0. The monoisotopic (exact) mass is 267 g/mol. The molecule has 1 heteroatoms. The molecule has 0 amide bonds. The van der Waals surface area contributed by atoms with Crippen molar-refractivity contribution in [2.75, 3.05) is 6.54 Å². The fraction of sp³-hybridized carbons (Fsp3) is 0.263. The molecular formula is C19H25N. The van der Waals surface area contributed by atoms with Gasteiger partial charge in [0.15, 0.2) is 0 Å². The van der Waals surface area contributed by atoms with Crippen molar-refractivity contribution in [1.29, 1.82) is 0 Å². The van der Waals surface area contributed by atoms with E-state index in [1.807, 2.05) is 18.2 Å². The molecule has 2 aromatic rings. The van der Waals surface area contributed by atoms with E-state index in [0.29, 0.717) is 0 Å². The molecule has 0 saturated carbocycles. The van der Waals surface area contributed by atoms with Crippen LogP contribution in [0.5, 0.6) is 0 Å². The van der Waals surface area contributed by atoms with Gasteiger partial charge in [0.2, 0.25) is 0 Å². The van der Waals surface area contributed by atoms with Gasteiger partial charge in [-0.3, -0.25) is 0 Å². The Labute approximate surface area is 123 Å². The minimum absolute atomic E-state index is 0.964. The molecule has 0 bridgehead atoms. The minimum atomic E-state index is 0.964. The van der Waals surface area contributed by atoms with Crippen molar-refractivity contribution in [2.24, 2.45) is 0 Å². The fourth-order valence-electron chi connectivity index (χ4n) is 1.81. The summed E-state index contributed by atoms with van der Waals surface area (Å²) >= 11 is 0. The number of rotatable bonds is 4. The van der Waals surface area contributed by atoms with Crippen molar-refractivity contribution in [3.8, 4) is 0 Å². The summed E-state index contributed by atoms with van der Waals surface area (Å²) in [5.41, 5.74) is 5.44. The molecule has 1 nitrogen and oxygen atoms in total. The zero-order valence-electron chi connectivity index (χ0n) is 12.8. The normalized spacial score (nSPS) is 9.35. The first-order chi connectivity index (χ1) is 9.63. The predicted molar refractivity (Wildman–Crippen MR) is 89.0 cm³/mol. The first kappa shape index (κ1) is 16.0. The molecule has 0 aliphatic heterocycles. The smallest absolute Gasteiger partial charge is 0.0181 e. The average Bonchev–Trinajstić information content (AvgIpc) is 2.45. The Bertz CT molecular complexity index is 515. The molecule has 0 aliphatic carbocycles. The van der Waals surface area contributed by atoms with Crippen LogP contribution >= 0.6 is 0 Å². The van der Waals surface area contributed by atoms with Gasteiger partial charge in [0, 0.05) is 6.54 Å². The quantitative estimate of drug-likeness (QED) is 0.800. The SMILES string of the molecule is C=CNCCc1ccc(C)c(C)c1.Cc1ccccc1. The van der Waals surface area contributed by atoms with Gasteiger partial charge in [0.25, 0.3) is 0 Å². The van der Waals surface area contributed by atoms with Crippen LogP contribution in [0.1, 0.15) is 22.3 Å². The molecule has 1 N–H and O–H groups in total. The maximum Gasteiger partial charge on any atom is 0.0181 e. The second-order valence-electron chi connectivity index (χ2n) is 4.98. The van der Waals surface area contributed by atoms with E-state index in [-0.39, 0.29) is 0 Å². The summed E-state index contributed by atoms with van der Waals surface area (Å²) < 4.78 is 0. The molecule has 0 aliphatic rings. The highest BCUT2D eigenvalue weighted by Crippen LogP contribution is 2.09. The molecule has 0 unspecified atom stereocenters. The Kier molecular flexibility index (Phi) is 7.20. The fourth-order valence-corrected chi connectivity index (χ4v) is 1.81. The molecule has 0 spiro atoms. The van der Waals surface area contributed by atoms with Crippen molar-refractivity contribution >= 4 is 0 Å². The highest BCUT2D eigenvalue weighted by atomic mass is 14.8. The van der Waals surface area contributed by atoms with Crippen molar-refractivity contribution in [1.82, 2.24) is 5.32 Å². The summed E-state index contributed by atoms with van der Waals surface area (Å²) in [4.78, 5) is 0. The molecule has 0 aromatic heterocycles. The molecule has 2 rings (SSSR count). The van der Waals surface area contributed by atoms with E-state index >= 15 is 0 Å². The first-order valence-corrected chi connectivity index (χ1v) is 7.05. The standard InChI is InChI=1S/C12H17N.C7H8/c1-4-13-8-7-12-6-5-10(2)11(3)9-12;1-7-5-3-2-4-6-7/h4-6,9,13H,1,7-8H2,2-3H3;2-6H,1H3. The second kappa shape index (κ2) is 8.98. The maximum absolute atomic E-state index is 3.61. The molecule has 0 radical (unpaired) electrons. The summed E-state index contributed by atoms with van der Waals surface area (Å²) in [6.07, 6.45) is 2.80. The maximum atomic E-state index is 3.61. The number of hydrogen-bond donors (Lipinski definition) is 1. The lowest BCUT2D eigenvalue weighted by Gasteiger charge is -2.04. The highest BCUT2D eigenvalue weighted by molar-refractivity contribution is 5.30. The summed E-state index contributed by atoms with van der Waals surface area (Å²) in [5, 5.41) is 3.09. The summed E-state index contributed by atoms with van der Waals surface area (Å²) in [5.74, 6) is 0. The average molecular weight is 267 g/mol. The van der Waals surface area contributed by atoms with Crippen LogP contribution in [0.2, 0.25) is 0 Å². The van der Waals surface area contributed by atoms with Gasteiger partial charge in [0.1, 0.15) is 0 Å². The van der Waals surface area contributed by atoms with E-state index < -0.39 is 0 Å².